The van der Waals surface area contributed by atoms with Gasteiger partial charge < -0.3 is 19.7 Å². The molecule has 26 heavy (non-hydrogen) atoms. The Morgan fingerprint density at radius 3 is 2.54 bits per heavy atom. The van der Waals surface area contributed by atoms with Crippen LogP contribution in [0, 0.1) is 34.0 Å². The Kier molecular flexibility index (Phi) is 4.39. The van der Waals surface area contributed by atoms with Crippen LogP contribution in [0.5, 0.6) is 0 Å². The minimum absolute atomic E-state index is 0.0350. The first-order valence-electron chi connectivity index (χ1n) is 10.3. The molecule has 4 nitrogen and oxygen atoms in total. The Morgan fingerprint density at radius 2 is 1.85 bits per heavy atom. The van der Waals surface area contributed by atoms with Crippen LogP contribution < -0.4 is 0 Å². The summed E-state index contributed by atoms with van der Waals surface area (Å²) in [6, 6.07) is 0. The van der Waals surface area contributed by atoms with Gasteiger partial charge in [0.25, 0.3) is 0 Å². The normalized spacial score (nSPS) is 52.5. The van der Waals surface area contributed by atoms with Crippen LogP contribution in [0.1, 0.15) is 59.3 Å². The van der Waals surface area contributed by atoms with E-state index in [9.17, 15) is 10.2 Å². The fourth-order valence-corrected chi connectivity index (χ4v) is 7.88. The van der Waals surface area contributed by atoms with Gasteiger partial charge in [0.2, 0.25) is 0 Å². The lowest BCUT2D eigenvalue weighted by Gasteiger charge is -2.67. The molecule has 4 saturated carbocycles. The van der Waals surface area contributed by atoms with E-state index in [1.165, 1.54) is 5.57 Å². The Balaban J connectivity index is 1.80. The summed E-state index contributed by atoms with van der Waals surface area (Å²) in [5.41, 5.74) is 0.970. The van der Waals surface area contributed by atoms with Gasteiger partial charge in [0.05, 0.1) is 18.3 Å². The number of aliphatic hydroxyl groups is 2. The minimum atomic E-state index is -0.358. The molecule has 0 saturated heterocycles. The molecular weight excluding hydrogens is 328 g/mol. The standard InChI is InChI=1S/C22H36O4/c1-13-11-22-15(7-6-14(13)19(22)24)21(4)9-8-17(23)20(2,3)16(21)10-18(22)26-12-25-5/h14-19,23-24H,1,6-12H2,2-5H3/t14-,15?,16+,17?,18+,19+,21?,22-/m0/s1. The molecule has 3 unspecified atom stereocenters. The molecule has 0 aromatic carbocycles. The van der Waals surface area contributed by atoms with Crippen molar-refractivity contribution in [2.75, 3.05) is 13.9 Å². The highest BCUT2D eigenvalue weighted by molar-refractivity contribution is 5.28. The van der Waals surface area contributed by atoms with Gasteiger partial charge >= 0.3 is 0 Å². The maximum absolute atomic E-state index is 11.4. The number of hydrogen-bond acceptors (Lipinski definition) is 4. The topological polar surface area (TPSA) is 58.9 Å². The Hall–Kier alpha value is -0.420. The van der Waals surface area contributed by atoms with Crippen molar-refractivity contribution >= 4 is 0 Å². The summed E-state index contributed by atoms with van der Waals surface area (Å²) in [5.74, 6) is 1.02. The van der Waals surface area contributed by atoms with E-state index < -0.39 is 0 Å². The summed E-state index contributed by atoms with van der Waals surface area (Å²) < 4.78 is 11.5. The summed E-state index contributed by atoms with van der Waals surface area (Å²) >= 11 is 0. The first-order valence-corrected chi connectivity index (χ1v) is 10.3. The van der Waals surface area contributed by atoms with E-state index in [0.717, 1.165) is 38.5 Å². The monoisotopic (exact) mass is 364 g/mol. The fourth-order valence-electron chi connectivity index (χ4n) is 7.88. The number of aliphatic hydroxyl groups excluding tert-OH is 2. The minimum Gasteiger partial charge on any atom is -0.393 e. The van der Waals surface area contributed by atoms with Crippen LogP contribution >= 0.6 is 0 Å². The molecule has 0 radical (unpaired) electrons. The van der Waals surface area contributed by atoms with Crippen LogP contribution in [-0.4, -0.2) is 42.4 Å². The molecule has 4 fully saturated rings. The molecule has 2 bridgehead atoms. The molecule has 1 spiro atoms. The summed E-state index contributed by atoms with van der Waals surface area (Å²) in [6.45, 7) is 11.5. The molecule has 4 aliphatic carbocycles. The van der Waals surface area contributed by atoms with E-state index in [2.05, 4.69) is 27.4 Å². The molecular formula is C22H36O4. The molecule has 4 rings (SSSR count). The second kappa shape index (κ2) is 6.04. The van der Waals surface area contributed by atoms with E-state index in [1.807, 2.05) is 0 Å². The summed E-state index contributed by atoms with van der Waals surface area (Å²) in [5, 5.41) is 22.1. The number of hydrogen-bond donors (Lipinski definition) is 2. The smallest absolute Gasteiger partial charge is 0.146 e. The molecule has 4 heteroatoms. The largest absolute Gasteiger partial charge is 0.393 e. The molecule has 0 heterocycles. The number of rotatable bonds is 3. The average Bonchev–Trinajstić information content (AvgIpc) is 2.73. The predicted octanol–water partition coefficient (Wildman–Crippen LogP) is 3.52. The Morgan fingerprint density at radius 1 is 1.12 bits per heavy atom. The van der Waals surface area contributed by atoms with E-state index in [-0.39, 0.29) is 47.3 Å². The lowest BCUT2D eigenvalue weighted by molar-refractivity contribution is -0.267. The zero-order valence-electron chi connectivity index (χ0n) is 16.8. The van der Waals surface area contributed by atoms with Crippen molar-refractivity contribution in [3.8, 4) is 0 Å². The third-order valence-electron chi connectivity index (χ3n) is 9.15. The van der Waals surface area contributed by atoms with Gasteiger partial charge in [-0.05, 0) is 61.2 Å². The second-order valence-electron chi connectivity index (χ2n) is 10.4. The van der Waals surface area contributed by atoms with Crippen LogP contribution in [0.2, 0.25) is 0 Å². The van der Waals surface area contributed by atoms with Crippen LogP contribution in [0.15, 0.2) is 12.2 Å². The Bertz CT molecular complexity index is 587. The number of ether oxygens (including phenoxy) is 2. The van der Waals surface area contributed by atoms with E-state index in [0.29, 0.717) is 11.8 Å². The first kappa shape index (κ1) is 18.9. The van der Waals surface area contributed by atoms with Gasteiger partial charge in [-0.3, -0.25) is 0 Å². The number of methoxy groups -OCH3 is 1. The molecule has 4 aliphatic rings. The van der Waals surface area contributed by atoms with Gasteiger partial charge in [-0.1, -0.05) is 32.9 Å². The molecule has 0 aromatic rings. The lowest BCUT2D eigenvalue weighted by Crippen LogP contribution is -2.67. The Labute approximate surface area is 158 Å². The van der Waals surface area contributed by atoms with Crippen molar-refractivity contribution in [2.45, 2.75) is 77.6 Å². The molecule has 2 N–H and O–H groups in total. The van der Waals surface area contributed by atoms with Gasteiger partial charge in [0.15, 0.2) is 0 Å². The summed E-state index contributed by atoms with van der Waals surface area (Å²) in [7, 11) is 1.66. The maximum Gasteiger partial charge on any atom is 0.146 e. The maximum atomic E-state index is 11.4. The fraction of sp³-hybridized carbons (Fsp3) is 0.909. The van der Waals surface area contributed by atoms with Crippen molar-refractivity contribution in [2.24, 2.45) is 34.0 Å². The quantitative estimate of drug-likeness (QED) is 0.594. The zero-order chi connectivity index (χ0) is 18.9. The zero-order valence-corrected chi connectivity index (χ0v) is 16.8. The van der Waals surface area contributed by atoms with Crippen molar-refractivity contribution in [3.63, 3.8) is 0 Å². The van der Waals surface area contributed by atoms with Crippen molar-refractivity contribution < 1.29 is 19.7 Å². The molecule has 148 valence electrons. The highest BCUT2D eigenvalue weighted by Crippen LogP contribution is 2.72. The van der Waals surface area contributed by atoms with E-state index in [1.54, 1.807) is 7.11 Å². The van der Waals surface area contributed by atoms with Crippen LogP contribution in [0.4, 0.5) is 0 Å². The van der Waals surface area contributed by atoms with Crippen molar-refractivity contribution in [1.82, 2.24) is 0 Å². The van der Waals surface area contributed by atoms with Crippen molar-refractivity contribution in [3.05, 3.63) is 12.2 Å². The van der Waals surface area contributed by atoms with E-state index in [4.69, 9.17) is 9.47 Å². The van der Waals surface area contributed by atoms with Gasteiger partial charge in [-0.25, -0.2) is 0 Å². The average molecular weight is 365 g/mol. The van der Waals surface area contributed by atoms with Crippen molar-refractivity contribution in [1.29, 1.82) is 0 Å². The molecule has 0 amide bonds. The third kappa shape index (κ3) is 2.22. The van der Waals surface area contributed by atoms with Crippen LogP contribution in [-0.2, 0) is 9.47 Å². The predicted molar refractivity (Wildman–Crippen MR) is 100 cm³/mol. The first-order chi connectivity index (χ1) is 12.2. The highest BCUT2D eigenvalue weighted by atomic mass is 16.7. The van der Waals surface area contributed by atoms with Gasteiger partial charge in [-0.2, -0.15) is 0 Å². The molecule has 0 aromatic heterocycles. The highest BCUT2D eigenvalue weighted by Gasteiger charge is 2.71. The lowest BCUT2D eigenvalue weighted by atomic mass is 9.39. The van der Waals surface area contributed by atoms with Crippen LogP contribution in [0.25, 0.3) is 0 Å². The van der Waals surface area contributed by atoms with Gasteiger partial charge in [0.1, 0.15) is 6.79 Å². The van der Waals surface area contributed by atoms with Gasteiger partial charge in [0, 0.05) is 18.4 Å². The second-order valence-corrected chi connectivity index (χ2v) is 10.4. The number of fused-ring (bicyclic) bond motifs is 3. The van der Waals surface area contributed by atoms with E-state index >= 15 is 0 Å². The summed E-state index contributed by atoms with van der Waals surface area (Å²) in [6.07, 6.45) is 5.17. The van der Waals surface area contributed by atoms with Gasteiger partial charge in [-0.15, -0.1) is 0 Å². The molecule has 8 atom stereocenters. The molecule has 0 aliphatic heterocycles. The van der Waals surface area contributed by atoms with Crippen LogP contribution in [0.3, 0.4) is 0 Å². The summed E-state index contributed by atoms with van der Waals surface area (Å²) in [4.78, 5) is 0. The third-order valence-corrected chi connectivity index (χ3v) is 9.15. The SMILES string of the molecule is C=C1C[C@@]23C(CC[C@@H]1[C@H]2O)C1(C)CCC(O)C(C)(C)[C@H]1C[C@H]3OCOC.